The lowest BCUT2D eigenvalue weighted by molar-refractivity contribution is 0.852. The van der Waals surface area contributed by atoms with Gasteiger partial charge in [0.15, 0.2) is 0 Å². The quantitative estimate of drug-likeness (QED) is 0.743. The molecule has 20 heavy (non-hydrogen) atoms. The lowest BCUT2D eigenvalue weighted by Gasteiger charge is -2.09. The molecule has 0 saturated heterocycles. The van der Waals surface area contributed by atoms with Gasteiger partial charge < -0.3 is 0 Å². The molecule has 0 aliphatic heterocycles. The molecule has 0 spiro atoms. The minimum Gasteiger partial charge on any atom is -0.265 e. The first-order valence-corrected chi connectivity index (χ1v) is 7.31. The van der Waals surface area contributed by atoms with Crippen LogP contribution in [0.15, 0.2) is 36.9 Å². The van der Waals surface area contributed by atoms with Crippen LogP contribution in [-0.4, -0.2) is 9.97 Å². The Labute approximate surface area is 127 Å². The van der Waals surface area contributed by atoms with Gasteiger partial charge in [-0.3, -0.25) is 9.97 Å². The number of aryl methyl sites for hydroxylation is 1. The summed E-state index contributed by atoms with van der Waals surface area (Å²) < 4.78 is 0. The van der Waals surface area contributed by atoms with Crippen molar-refractivity contribution >= 4 is 11.6 Å². The molecule has 2 aromatic rings. The van der Waals surface area contributed by atoms with Crippen LogP contribution in [0.25, 0.3) is 0 Å². The summed E-state index contributed by atoms with van der Waals surface area (Å²) in [4.78, 5) is 7.92. The van der Waals surface area contributed by atoms with Crippen LogP contribution in [0.2, 0.25) is 5.02 Å². The Balaban J connectivity index is 0.000000204. The standard InChI is InChI=1S/C9H12ClN.C8H11N/c1-6(2)9-7(3)4-11-5-8(9)10;1-7(2)8-3-5-9-6-4-8/h4-6H,1-3H3;3-7H,1-2H3. The number of rotatable bonds is 2. The summed E-state index contributed by atoms with van der Waals surface area (Å²) in [6.45, 7) is 10.7. The number of pyridine rings is 2. The molecule has 0 amide bonds. The molecule has 0 unspecified atom stereocenters. The summed E-state index contributed by atoms with van der Waals surface area (Å²) in [5, 5.41) is 0.778. The molecule has 2 nitrogen and oxygen atoms in total. The molecule has 0 fully saturated rings. The van der Waals surface area contributed by atoms with Crippen molar-refractivity contribution in [3.63, 3.8) is 0 Å². The number of halogens is 1. The van der Waals surface area contributed by atoms with E-state index >= 15 is 0 Å². The molecular formula is C17H23ClN2. The van der Waals surface area contributed by atoms with Gasteiger partial charge in [-0.25, -0.2) is 0 Å². The van der Waals surface area contributed by atoms with E-state index in [2.05, 4.69) is 37.7 Å². The molecule has 0 radical (unpaired) electrons. The van der Waals surface area contributed by atoms with Gasteiger partial charge >= 0.3 is 0 Å². The zero-order chi connectivity index (χ0) is 15.1. The molecule has 2 aromatic heterocycles. The van der Waals surface area contributed by atoms with Crippen LogP contribution in [0.1, 0.15) is 56.2 Å². The minimum absolute atomic E-state index is 0.477. The van der Waals surface area contributed by atoms with Crippen molar-refractivity contribution in [1.82, 2.24) is 9.97 Å². The number of hydrogen-bond donors (Lipinski definition) is 0. The Morgan fingerprint density at radius 3 is 1.85 bits per heavy atom. The summed E-state index contributed by atoms with van der Waals surface area (Å²) in [5.41, 5.74) is 3.74. The molecule has 0 aliphatic carbocycles. The summed E-state index contributed by atoms with van der Waals surface area (Å²) in [6, 6.07) is 4.09. The molecule has 0 N–H and O–H groups in total. The van der Waals surface area contributed by atoms with Gasteiger partial charge in [0.1, 0.15) is 0 Å². The second-order valence-corrected chi connectivity index (χ2v) is 5.85. The van der Waals surface area contributed by atoms with E-state index in [9.17, 15) is 0 Å². The van der Waals surface area contributed by atoms with E-state index in [4.69, 9.17) is 11.6 Å². The summed E-state index contributed by atoms with van der Waals surface area (Å²) in [7, 11) is 0. The van der Waals surface area contributed by atoms with Crippen molar-refractivity contribution in [2.75, 3.05) is 0 Å². The lowest BCUT2D eigenvalue weighted by atomic mass is 10.0. The van der Waals surface area contributed by atoms with E-state index < -0.39 is 0 Å². The molecule has 2 heterocycles. The molecule has 108 valence electrons. The van der Waals surface area contributed by atoms with Gasteiger partial charge in [-0.15, -0.1) is 0 Å². The summed E-state index contributed by atoms with van der Waals surface area (Å²) in [6.07, 6.45) is 7.20. The molecule has 0 bridgehead atoms. The monoisotopic (exact) mass is 290 g/mol. The van der Waals surface area contributed by atoms with Crippen LogP contribution in [-0.2, 0) is 0 Å². The fraction of sp³-hybridized carbons (Fsp3) is 0.412. The highest BCUT2D eigenvalue weighted by molar-refractivity contribution is 6.31. The SMILES string of the molecule is CC(C)c1ccncc1.Cc1cncc(Cl)c1C(C)C. The molecule has 0 aliphatic rings. The average Bonchev–Trinajstić information content (AvgIpc) is 2.40. The predicted molar refractivity (Wildman–Crippen MR) is 86.4 cm³/mol. The van der Waals surface area contributed by atoms with Gasteiger partial charge in [-0.1, -0.05) is 39.3 Å². The molecule has 0 atom stereocenters. The van der Waals surface area contributed by atoms with Crippen LogP contribution < -0.4 is 0 Å². The van der Waals surface area contributed by atoms with Gasteiger partial charge in [-0.05, 0) is 47.6 Å². The molecular weight excluding hydrogens is 268 g/mol. The van der Waals surface area contributed by atoms with E-state index in [1.54, 1.807) is 6.20 Å². The second-order valence-electron chi connectivity index (χ2n) is 5.44. The van der Waals surface area contributed by atoms with Crippen molar-refractivity contribution < 1.29 is 0 Å². The first-order chi connectivity index (χ1) is 9.43. The lowest BCUT2D eigenvalue weighted by Crippen LogP contribution is -1.93. The van der Waals surface area contributed by atoms with Crippen molar-refractivity contribution in [1.29, 1.82) is 0 Å². The van der Waals surface area contributed by atoms with Crippen LogP contribution in [0, 0.1) is 6.92 Å². The maximum Gasteiger partial charge on any atom is 0.0626 e. The van der Waals surface area contributed by atoms with Crippen LogP contribution in [0.5, 0.6) is 0 Å². The fourth-order valence-corrected chi connectivity index (χ4v) is 2.45. The van der Waals surface area contributed by atoms with Crippen LogP contribution in [0.4, 0.5) is 0 Å². The zero-order valence-electron chi connectivity index (χ0n) is 12.9. The van der Waals surface area contributed by atoms with E-state index in [1.165, 1.54) is 16.7 Å². The number of hydrogen-bond acceptors (Lipinski definition) is 2. The van der Waals surface area contributed by atoms with Crippen molar-refractivity contribution in [3.05, 3.63) is 58.6 Å². The summed E-state index contributed by atoms with van der Waals surface area (Å²) >= 11 is 5.96. The third-order valence-corrected chi connectivity index (χ3v) is 3.39. The predicted octanol–water partition coefficient (Wildman–Crippen LogP) is 5.37. The highest BCUT2D eigenvalue weighted by atomic mass is 35.5. The molecule has 0 aromatic carbocycles. The molecule has 0 saturated carbocycles. The minimum atomic E-state index is 0.477. The van der Waals surface area contributed by atoms with Gasteiger partial charge in [-0.2, -0.15) is 0 Å². The van der Waals surface area contributed by atoms with Crippen molar-refractivity contribution in [2.45, 2.75) is 46.5 Å². The van der Waals surface area contributed by atoms with Crippen LogP contribution >= 0.6 is 11.6 Å². The van der Waals surface area contributed by atoms with E-state index in [0.29, 0.717) is 11.8 Å². The topological polar surface area (TPSA) is 25.8 Å². The third-order valence-electron chi connectivity index (χ3n) is 3.09. The highest BCUT2D eigenvalue weighted by Crippen LogP contribution is 2.25. The number of aromatic nitrogens is 2. The van der Waals surface area contributed by atoms with Gasteiger partial charge in [0.2, 0.25) is 0 Å². The summed E-state index contributed by atoms with van der Waals surface area (Å²) in [5.74, 6) is 1.10. The Bertz CT molecular complexity index is 502. The van der Waals surface area contributed by atoms with Crippen molar-refractivity contribution in [3.8, 4) is 0 Å². The Hall–Kier alpha value is -1.41. The Morgan fingerprint density at radius 1 is 0.900 bits per heavy atom. The third kappa shape index (κ3) is 4.93. The second kappa shape index (κ2) is 8.01. The fourth-order valence-electron chi connectivity index (χ4n) is 2.02. The molecule has 2 rings (SSSR count). The van der Waals surface area contributed by atoms with Gasteiger partial charge in [0.25, 0.3) is 0 Å². The van der Waals surface area contributed by atoms with Crippen molar-refractivity contribution in [2.24, 2.45) is 0 Å². The normalized spacial score (nSPS) is 10.4. The smallest absolute Gasteiger partial charge is 0.0626 e. The Morgan fingerprint density at radius 2 is 1.50 bits per heavy atom. The average molecular weight is 291 g/mol. The Kier molecular flexibility index (Phi) is 6.66. The van der Waals surface area contributed by atoms with E-state index in [0.717, 1.165) is 5.02 Å². The number of nitrogens with zero attached hydrogens (tertiary/aromatic N) is 2. The van der Waals surface area contributed by atoms with Gasteiger partial charge in [0.05, 0.1) is 5.02 Å². The zero-order valence-corrected chi connectivity index (χ0v) is 13.6. The first kappa shape index (κ1) is 16.6. The van der Waals surface area contributed by atoms with E-state index in [-0.39, 0.29) is 0 Å². The van der Waals surface area contributed by atoms with Gasteiger partial charge in [0, 0.05) is 24.8 Å². The highest BCUT2D eigenvalue weighted by Gasteiger charge is 2.07. The maximum atomic E-state index is 5.96. The first-order valence-electron chi connectivity index (χ1n) is 6.93. The van der Waals surface area contributed by atoms with E-state index in [1.807, 2.05) is 37.6 Å². The van der Waals surface area contributed by atoms with Crippen LogP contribution in [0.3, 0.4) is 0 Å². The maximum absolute atomic E-state index is 5.96. The largest absolute Gasteiger partial charge is 0.265 e. The molecule has 3 heteroatoms.